The lowest BCUT2D eigenvalue weighted by Crippen LogP contribution is -2.14. The van der Waals surface area contributed by atoms with Gasteiger partial charge in [0.15, 0.2) is 0 Å². The molecule has 0 radical (unpaired) electrons. The summed E-state index contributed by atoms with van der Waals surface area (Å²) in [4.78, 5) is 11.8. The van der Waals surface area contributed by atoms with E-state index in [1.54, 1.807) is 24.3 Å². The van der Waals surface area contributed by atoms with E-state index in [0.717, 1.165) is 0 Å². The van der Waals surface area contributed by atoms with Gasteiger partial charge in [-0.25, -0.2) is 13.2 Å². The van der Waals surface area contributed by atoms with E-state index in [1.165, 1.54) is 0 Å². The maximum atomic E-state index is 11.8. The number of esters is 1. The summed E-state index contributed by atoms with van der Waals surface area (Å²) in [5.74, 6) is -0.315. The number of carbonyl (C=O) groups is 1. The number of ether oxygens (including phenoxy) is 1. The van der Waals surface area contributed by atoms with Crippen molar-refractivity contribution >= 4 is 16.4 Å². The zero-order chi connectivity index (χ0) is 14.2. The molecule has 3 rings (SSSR count). The first kappa shape index (κ1) is 13.5. The van der Waals surface area contributed by atoms with Crippen LogP contribution in [0.1, 0.15) is 23.2 Å². The number of rotatable bonds is 3. The van der Waals surface area contributed by atoms with Crippen molar-refractivity contribution in [1.82, 2.24) is 0 Å². The summed E-state index contributed by atoms with van der Waals surface area (Å²) in [5.41, 5.74) is 0.501. The van der Waals surface area contributed by atoms with Crippen LogP contribution >= 0.6 is 0 Å². The van der Waals surface area contributed by atoms with Crippen LogP contribution in [0.15, 0.2) is 30.3 Å². The van der Waals surface area contributed by atoms with Crippen molar-refractivity contribution in [2.24, 2.45) is 5.92 Å². The lowest BCUT2D eigenvalue weighted by molar-refractivity contribution is 0.0428. The molecule has 1 aromatic carbocycles. The highest BCUT2D eigenvalue weighted by Crippen LogP contribution is 2.37. The van der Waals surface area contributed by atoms with Gasteiger partial charge in [-0.15, -0.1) is 0 Å². The van der Waals surface area contributed by atoms with Gasteiger partial charge in [0.05, 0.1) is 12.2 Å². The van der Waals surface area contributed by atoms with E-state index >= 15 is 0 Å². The van der Waals surface area contributed by atoms with Crippen LogP contribution in [0.4, 0.5) is 0 Å². The fraction of sp³-hybridized carbons (Fsp3) is 0.462. The molecule has 2 fully saturated rings. The Morgan fingerprint density at radius 3 is 2.35 bits per heavy atom. The number of benzene rings is 1. The molecule has 1 heterocycles. The summed E-state index contributed by atoms with van der Waals surface area (Å²) < 4.78 is 37.0. The first-order chi connectivity index (χ1) is 9.53. The average molecular weight is 298 g/mol. The van der Waals surface area contributed by atoms with Crippen molar-refractivity contribution in [2.75, 3.05) is 6.61 Å². The normalized spacial score (nSPS) is 30.9. The standard InChI is InChI=1S/C13H14O6S/c14-13(10-4-2-1-3-5-10)17-8-9-6-11-12(7-9)19-20(15,16)18-11/h1-5,9,11-12H,6-8H2/t9-,11-,12+. The van der Waals surface area contributed by atoms with Crippen molar-refractivity contribution in [2.45, 2.75) is 25.0 Å². The molecular formula is C13H14O6S. The van der Waals surface area contributed by atoms with E-state index < -0.39 is 22.6 Å². The second kappa shape index (κ2) is 5.16. The summed E-state index contributed by atoms with van der Waals surface area (Å²) in [7, 11) is -3.81. The second-order valence-electron chi connectivity index (χ2n) is 4.98. The molecule has 2 aliphatic rings. The van der Waals surface area contributed by atoms with Crippen molar-refractivity contribution in [3.05, 3.63) is 35.9 Å². The SMILES string of the molecule is O=C(OC[C@H]1C[C@@H]2OS(=O)(=O)O[C@@H]2C1)c1ccccc1. The van der Waals surface area contributed by atoms with Gasteiger partial charge in [-0.1, -0.05) is 18.2 Å². The Kier molecular flexibility index (Phi) is 3.49. The Morgan fingerprint density at radius 1 is 1.15 bits per heavy atom. The van der Waals surface area contributed by atoms with E-state index in [2.05, 4.69) is 0 Å². The highest BCUT2D eigenvalue weighted by atomic mass is 32.3. The zero-order valence-electron chi connectivity index (χ0n) is 10.6. The van der Waals surface area contributed by atoms with Gasteiger partial charge in [-0.05, 0) is 30.9 Å². The van der Waals surface area contributed by atoms with E-state index in [0.29, 0.717) is 18.4 Å². The van der Waals surface area contributed by atoms with Crippen LogP contribution in [0.3, 0.4) is 0 Å². The minimum absolute atomic E-state index is 0.0631. The van der Waals surface area contributed by atoms with Gasteiger partial charge in [-0.2, -0.15) is 8.42 Å². The summed E-state index contributed by atoms with van der Waals surface area (Å²) in [6.45, 7) is 0.244. The molecule has 20 heavy (non-hydrogen) atoms. The van der Waals surface area contributed by atoms with Crippen LogP contribution in [-0.2, 0) is 23.5 Å². The Bertz CT molecular complexity index is 577. The molecule has 1 saturated carbocycles. The van der Waals surface area contributed by atoms with Gasteiger partial charge in [0, 0.05) is 0 Å². The summed E-state index contributed by atoms with van der Waals surface area (Å²) >= 11 is 0. The molecule has 108 valence electrons. The minimum Gasteiger partial charge on any atom is -0.462 e. The summed E-state index contributed by atoms with van der Waals surface area (Å²) in [6, 6.07) is 8.73. The molecule has 6 nitrogen and oxygen atoms in total. The van der Waals surface area contributed by atoms with E-state index in [1.807, 2.05) is 6.07 Å². The van der Waals surface area contributed by atoms with Gasteiger partial charge >= 0.3 is 16.4 Å². The predicted octanol–water partition coefficient (Wildman–Crippen LogP) is 1.28. The Hall–Kier alpha value is -1.44. The topological polar surface area (TPSA) is 78.9 Å². The summed E-state index contributed by atoms with van der Waals surface area (Å²) in [6.07, 6.45) is 0.152. The first-order valence-electron chi connectivity index (χ1n) is 6.37. The van der Waals surface area contributed by atoms with Crippen LogP contribution in [0.2, 0.25) is 0 Å². The molecule has 1 aliphatic heterocycles. The van der Waals surface area contributed by atoms with Crippen LogP contribution in [0.5, 0.6) is 0 Å². The number of fused-ring (bicyclic) bond motifs is 1. The minimum atomic E-state index is -3.81. The molecule has 1 aromatic rings. The Balaban J connectivity index is 1.51. The van der Waals surface area contributed by atoms with Crippen LogP contribution in [-0.4, -0.2) is 33.2 Å². The first-order valence-corrected chi connectivity index (χ1v) is 7.70. The monoisotopic (exact) mass is 298 g/mol. The van der Waals surface area contributed by atoms with Crippen molar-refractivity contribution < 1.29 is 26.3 Å². The molecular weight excluding hydrogens is 284 g/mol. The zero-order valence-corrected chi connectivity index (χ0v) is 11.4. The highest BCUT2D eigenvalue weighted by molar-refractivity contribution is 7.82. The van der Waals surface area contributed by atoms with Gasteiger partial charge < -0.3 is 4.74 Å². The molecule has 0 N–H and O–H groups in total. The lowest BCUT2D eigenvalue weighted by Gasteiger charge is -2.11. The van der Waals surface area contributed by atoms with Crippen LogP contribution in [0.25, 0.3) is 0 Å². The number of hydrogen-bond donors (Lipinski definition) is 0. The molecule has 0 aromatic heterocycles. The summed E-state index contributed by atoms with van der Waals surface area (Å²) in [5, 5.41) is 0. The molecule has 7 heteroatoms. The third-order valence-corrected chi connectivity index (χ3v) is 4.45. The van der Waals surface area contributed by atoms with Crippen molar-refractivity contribution in [3.8, 4) is 0 Å². The quantitative estimate of drug-likeness (QED) is 0.782. The van der Waals surface area contributed by atoms with E-state index in [-0.39, 0.29) is 18.5 Å². The Labute approximate surface area is 117 Å². The molecule has 1 saturated heterocycles. The van der Waals surface area contributed by atoms with E-state index in [9.17, 15) is 13.2 Å². The molecule has 1 aliphatic carbocycles. The molecule has 0 unspecified atom stereocenters. The number of carbonyl (C=O) groups excluding carboxylic acids is 1. The smallest absolute Gasteiger partial charge is 0.400 e. The van der Waals surface area contributed by atoms with Crippen molar-refractivity contribution in [1.29, 1.82) is 0 Å². The van der Waals surface area contributed by atoms with Crippen LogP contribution in [0, 0.1) is 5.92 Å². The molecule has 0 bridgehead atoms. The van der Waals surface area contributed by atoms with Crippen molar-refractivity contribution in [3.63, 3.8) is 0 Å². The predicted molar refractivity (Wildman–Crippen MR) is 68.1 cm³/mol. The fourth-order valence-corrected chi connectivity index (χ4v) is 3.63. The number of hydrogen-bond acceptors (Lipinski definition) is 6. The third-order valence-electron chi connectivity index (χ3n) is 3.49. The van der Waals surface area contributed by atoms with Crippen LogP contribution < -0.4 is 0 Å². The van der Waals surface area contributed by atoms with Gasteiger partial charge in [-0.3, -0.25) is 0 Å². The van der Waals surface area contributed by atoms with Gasteiger partial charge in [0.1, 0.15) is 12.2 Å². The molecule has 3 atom stereocenters. The Morgan fingerprint density at radius 2 is 1.75 bits per heavy atom. The third kappa shape index (κ3) is 2.84. The largest absolute Gasteiger partial charge is 0.462 e. The molecule has 0 spiro atoms. The van der Waals surface area contributed by atoms with E-state index in [4.69, 9.17) is 13.1 Å². The maximum Gasteiger partial charge on any atom is 0.400 e. The average Bonchev–Trinajstić information content (AvgIpc) is 2.90. The fourth-order valence-electron chi connectivity index (χ4n) is 2.57. The second-order valence-corrected chi connectivity index (χ2v) is 6.18. The highest BCUT2D eigenvalue weighted by Gasteiger charge is 2.47. The van der Waals surface area contributed by atoms with Gasteiger partial charge in [0.25, 0.3) is 0 Å². The molecule has 0 amide bonds. The maximum absolute atomic E-state index is 11.8. The lowest BCUT2D eigenvalue weighted by atomic mass is 10.1. The van der Waals surface area contributed by atoms with Gasteiger partial charge in [0.2, 0.25) is 0 Å².